The summed E-state index contributed by atoms with van der Waals surface area (Å²) in [6.07, 6.45) is 3.99. The van der Waals surface area contributed by atoms with E-state index in [1.165, 1.54) is 23.5 Å². The zero-order chi connectivity index (χ0) is 23.6. The number of benzene rings is 2. The zero-order valence-electron chi connectivity index (χ0n) is 17.8. The SMILES string of the molecule is C=CC(=O)OCCNC(=O)OCC(O)(C(=O)c1ccc(SC)cc1)c1ccc(SC)cc1. The molecule has 0 saturated heterocycles. The van der Waals surface area contributed by atoms with Crippen LogP contribution in [0.3, 0.4) is 0 Å². The number of carbonyl (C=O) groups is 3. The molecule has 0 aliphatic heterocycles. The van der Waals surface area contributed by atoms with Gasteiger partial charge >= 0.3 is 12.1 Å². The van der Waals surface area contributed by atoms with Crippen molar-refractivity contribution in [3.63, 3.8) is 0 Å². The third-order valence-corrected chi connectivity index (χ3v) is 5.98. The van der Waals surface area contributed by atoms with E-state index < -0.39 is 30.1 Å². The number of ketones is 1. The first-order valence-electron chi connectivity index (χ1n) is 9.59. The maximum absolute atomic E-state index is 13.3. The van der Waals surface area contributed by atoms with Crippen LogP contribution in [0.2, 0.25) is 0 Å². The summed E-state index contributed by atoms with van der Waals surface area (Å²) in [6.45, 7) is 2.62. The summed E-state index contributed by atoms with van der Waals surface area (Å²) in [5.41, 5.74) is -1.48. The third kappa shape index (κ3) is 6.88. The second kappa shape index (κ2) is 12.3. The Morgan fingerprint density at radius 2 is 1.56 bits per heavy atom. The second-order valence-electron chi connectivity index (χ2n) is 6.52. The van der Waals surface area contributed by atoms with Crippen LogP contribution < -0.4 is 5.32 Å². The van der Waals surface area contributed by atoms with Gasteiger partial charge in [0.2, 0.25) is 5.78 Å². The van der Waals surface area contributed by atoms with Gasteiger partial charge in [-0.25, -0.2) is 9.59 Å². The van der Waals surface area contributed by atoms with E-state index >= 15 is 0 Å². The Balaban J connectivity index is 2.16. The molecule has 170 valence electrons. The Labute approximate surface area is 195 Å². The van der Waals surface area contributed by atoms with Crippen LogP contribution in [0.5, 0.6) is 0 Å². The molecule has 0 radical (unpaired) electrons. The highest BCUT2D eigenvalue weighted by atomic mass is 32.2. The average molecular weight is 476 g/mol. The standard InChI is InChI=1S/C23H25NO6S2/c1-4-20(25)29-14-13-24-22(27)30-15-23(28,17-7-11-19(32-3)12-8-17)21(26)16-5-9-18(31-2)10-6-16/h4-12,28H,1,13-15H2,2-3H3,(H,24,27). The molecule has 2 aromatic carbocycles. The Kier molecular flexibility index (Phi) is 9.83. The first kappa shape index (κ1) is 25.5. The minimum atomic E-state index is -2.08. The Morgan fingerprint density at radius 3 is 2.09 bits per heavy atom. The maximum atomic E-state index is 13.3. The maximum Gasteiger partial charge on any atom is 0.407 e. The molecule has 0 aliphatic carbocycles. The van der Waals surface area contributed by atoms with Crippen LogP contribution in [-0.2, 0) is 19.9 Å². The molecule has 2 N–H and O–H groups in total. The van der Waals surface area contributed by atoms with Crippen molar-refractivity contribution in [2.75, 3.05) is 32.3 Å². The molecule has 0 spiro atoms. The largest absolute Gasteiger partial charge is 0.461 e. The first-order chi connectivity index (χ1) is 15.3. The Hall–Kier alpha value is -2.75. The van der Waals surface area contributed by atoms with E-state index in [-0.39, 0.29) is 13.2 Å². The summed E-state index contributed by atoms with van der Waals surface area (Å²) < 4.78 is 9.91. The predicted molar refractivity (Wildman–Crippen MR) is 125 cm³/mol. The van der Waals surface area contributed by atoms with E-state index in [9.17, 15) is 19.5 Å². The summed E-state index contributed by atoms with van der Waals surface area (Å²) in [6, 6.07) is 13.7. The number of aliphatic hydroxyl groups is 1. The molecule has 0 fully saturated rings. The van der Waals surface area contributed by atoms with Gasteiger partial charge < -0.3 is 19.9 Å². The van der Waals surface area contributed by atoms with Gasteiger partial charge in [-0.2, -0.15) is 0 Å². The molecule has 2 rings (SSSR count). The molecule has 0 bridgehead atoms. The number of amides is 1. The molecule has 7 nitrogen and oxygen atoms in total. The average Bonchev–Trinajstić information content (AvgIpc) is 2.84. The van der Waals surface area contributed by atoms with Gasteiger partial charge in [0.1, 0.15) is 13.2 Å². The molecule has 0 aromatic heterocycles. The zero-order valence-corrected chi connectivity index (χ0v) is 19.5. The van der Waals surface area contributed by atoms with E-state index in [0.29, 0.717) is 11.1 Å². The highest BCUT2D eigenvalue weighted by Gasteiger charge is 2.40. The number of hydrogen-bond acceptors (Lipinski definition) is 8. The second-order valence-corrected chi connectivity index (χ2v) is 8.28. The minimum absolute atomic E-state index is 0.00333. The monoisotopic (exact) mass is 475 g/mol. The lowest BCUT2D eigenvalue weighted by atomic mass is 9.86. The molecule has 32 heavy (non-hydrogen) atoms. The lowest BCUT2D eigenvalue weighted by molar-refractivity contribution is -0.137. The number of esters is 1. The third-order valence-electron chi connectivity index (χ3n) is 4.49. The van der Waals surface area contributed by atoms with Gasteiger partial charge in [-0.15, -0.1) is 23.5 Å². The molecule has 0 heterocycles. The lowest BCUT2D eigenvalue weighted by Crippen LogP contribution is -2.42. The van der Waals surface area contributed by atoms with Gasteiger partial charge in [0.15, 0.2) is 5.60 Å². The van der Waals surface area contributed by atoms with Crippen LogP contribution in [0, 0.1) is 0 Å². The number of hydrogen-bond donors (Lipinski definition) is 2. The molecular formula is C23H25NO6S2. The molecule has 9 heteroatoms. The van der Waals surface area contributed by atoms with Crippen LogP contribution in [0.4, 0.5) is 4.79 Å². The number of carbonyl (C=O) groups excluding carboxylic acids is 3. The molecule has 1 amide bonds. The molecule has 1 unspecified atom stereocenters. The van der Waals surface area contributed by atoms with Gasteiger partial charge in [-0.1, -0.05) is 30.8 Å². The molecule has 0 saturated carbocycles. The molecule has 0 aliphatic rings. The van der Waals surface area contributed by atoms with E-state index in [0.717, 1.165) is 15.9 Å². The lowest BCUT2D eigenvalue weighted by Gasteiger charge is -2.27. The number of thioether (sulfide) groups is 2. The van der Waals surface area contributed by atoms with Crippen molar-refractivity contribution in [2.24, 2.45) is 0 Å². The van der Waals surface area contributed by atoms with Crippen LogP contribution in [0.25, 0.3) is 0 Å². The fourth-order valence-electron chi connectivity index (χ4n) is 2.71. The van der Waals surface area contributed by atoms with Gasteiger partial charge in [0.25, 0.3) is 0 Å². The number of nitrogens with one attached hydrogen (secondary N) is 1. The van der Waals surface area contributed by atoms with Crippen molar-refractivity contribution in [1.29, 1.82) is 0 Å². The van der Waals surface area contributed by atoms with Gasteiger partial charge in [0.05, 0.1) is 6.54 Å². The summed E-state index contributed by atoms with van der Waals surface area (Å²) in [5.74, 6) is -1.20. The summed E-state index contributed by atoms with van der Waals surface area (Å²) in [7, 11) is 0. The summed E-state index contributed by atoms with van der Waals surface area (Å²) in [4.78, 5) is 38.3. The van der Waals surface area contributed by atoms with Crippen LogP contribution in [0.15, 0.2) is 71.0 Å². The first-order valence-corrected chi connectivity index (χ1v) is 12.0. The highest BCUT2D eigenvalue weighted by molar-refractivity contribution is 7.98. The van der Waals surface area contributed by atoms with Crippen molar-refractivity contribution in [3.8, 4) is 0 Å². The predicted octanol–water partition coefficient (Wildman–Crippen LogP) is 3.66. The van der Waals surface area contributed by atoms with Crippen LogP contribution >= 0.6 is 23.5 Å². The van der Waals surface area contributed by atoms with E-state index in [1.54, 1.807) is 48.5 Å². The fraction of sp³-hybridized carbons (Fsp3) is 0.261. The molecule has 2 aromatic rings. The number of Topliss-reactive ketones (excluding diaryl/α,β-unsaturated/α-hetero) is 1. The molecule has 1 atom stereocenters. The smallest absolute Gasteiger partial charge is 0.407 e. The van der Waals surface area contributed by atoms with Crippen molar-refractivity contribution < 1.29 is 29.0 Å². The van der Waals surface area contributed by atoms with Gasteiger partial charge in [0, 0.05) is 21.4 Å². The Morgan fingerprint density at radius 1 is 1.00 bits per heavy atom. The van der Waals surface area contributed by atoms with Crippen molar-refractivity contribution in [1.82, 2.24) is 5.32 Å². The quantitative estimate of drug-likeness (QED) is 0.167. The number of alkyl carbamates (subject to hydrolysis) is 1. The van der Waals surface area contributed by atoms with Crippen molar-refractivity contribution >= 4 is 41.4 Å². The fourth-order valence-corrected chi connectivity index (χ4v) is 3.53. The Bertz CT molecular complexity index is 946. The van der Waals surface area contributed by atoms with Crippen molar-refractivity contribution in [2.45, 2.75) is 15.4 Å². The van der Waals surface area contributed by atoms with E-state index in [1.807, 2.05) is 12.5 Å². The topological polar surface area (TPSA) is 102 Å². The van der Waals surface area contributed by atoms with E-state index in [4.69, 9.17) is 9.47 Å². The van der Waals surface area contributed by atoms with Crippen molar-refractivity contribution in [3.05, 3.63) is 72.3 Å². The van der Waals surface area contributed by atoms with E-state index in [2.05, 4.69) is 11.9 Å². The van der Waals surface area contributed by atoms with Gasteiger partial charge in [-0.3, -0.25) is 4.79 Å². The summed E-state index contributed by atoms with van der Waals surface area (Å²) in [5, 5.41) is 13.8. The number of ether oxygens (including phenoxy) is 2. The normalized spacial score (nSPS) is 12.3. The highest BCUT2D eigenvalue weighted by Crippen LogP contribution is 2.29. The molecular weight excluding hydrogens is 450 g/mol. The van der Waals surface area contributed by atoms with Crippen LogP contribution in [0.1, 0.15) is 15.9 Å². The summed E-state index contributed by atoms with van der Waals surface area (Å²) >= 11 is 3.06. The number of rotatable bonds is 11. The van der Waals surface area contributed by atoms with Gasteiger partial charge in [-0.05, 0) is 42.3 Å². The van der Waals surface area contributed by atoms with Crippen LogP contribution in [-0.4, -0.2) is 55.2 Å². The minimum Gasteiger partial charge on any atom is -0.461 e.